The Morgan fingerprint density at radius 1 is 1.03 bits per heavy atom. The lowest BCUT2D eigenvalue weighted by Crippen LogP contribution is -2.52. The van der Waals surface area contributed by atoms with Crippen molar-refractivity contribution in [2.24, 2.45) is 20.7 Å². The molecule has 0 saturated carbocycles. The Morgan fingerprint density at radius 3 is 2.43 bits per heavy atom. The molecule has 3 heterocycles. The Morgan fingerprint density at radius 2 is 1.71 bits per heavy atom. The summed E-state index contributed by atoms with van der Waals surface area (Å²) in [5.74, 6) is -0.518. The first-order valence-corrected chi connectivity index (χ1v) is 10.9. The molecule has 2 aromatic carbocycles. The molecule has 1 aromatic heterocycles. The van der Waals surface area contributed by atoms with E-state index in [-0.39, 0.29) is 47.8 Å². The molecular formula is C24H23F2N9. The van der Waals surface area contributed by atoms with Crippen LogP contribution < -0.4 is 16.8 Å². The Kier molecular flexibility index (Phi) is 5.59. The predicted molar refractivity (Wildman–Crippen MR) is 129 cm³/mol. The van der Waals surface area contributed by atoms with Gasteiger partial charge in [0.25, 0.3) is 0 Å². The molecular weight excluding hydrogens is 452 g/mol. The number of hydrogen-bond donors (Lipinski definition) is 3. The highest BCUT2D eigenvalue weighted by Crippen LogP contribution is 2.44. The van der Waals surface area contributed by atoms with Crippen molar-refractivity contribution in [3.8, 4) is 0 Å². The Labute approximate surface area is 200 Å². The van der Waals surface area contributed by atoms with Crippen molar-refractivity contribution in [1.82, 2.24) is 20.3 Å². The van der Waals surface area contributed by atoms with Crippen LogP contribution in [0, 0.1) is 11.2 Å². The number of azo groups is 1. The third kappa shape index (κ3) is 4.16. The first-order chi connectivity index (χ1) is 16.8. The van der Waals surface area contributed by atoms with Crippen LogP contribution in [0.4, 0.5) is 31.8 Å². The average Bonchev–Trinajstić information content (AvgIpc) is 3.11. The number of nitrogen functional groups attached to an aromatic ring is 2. The van der Waals surface area contributed by atoms with Crippen LogP contribution in [0.1, 0.15) is 24.7 Å². The topological polar surface area (TPSA) is 130 Å². The molecule has 2 aliphatic heterocycles. The zero-order chi connectivity index (χ0) is 24.6. The number of allylic oxidation sites excluding steroid dienone is 1. The zero-order valence-electron chi connectivity index (χ0n) is 18.9. The fraction of sp³-hybridized carbons (Fsp3) is 0.208. The number of nitrogens with zero attached hydrogens (tertiary/aromatic N) is 6. The molecule has 2 unspecified atom stereocenters. The molecule has 5 N–H and O–H groups in total. The zero-order valence-corrected chi connectivity index (χ0v) is 18.9. The van der Waals surface area contributed by atoms with E-state index in [1.54, 1.807) is 35.3 Å². The second-order valence-electron chi connectivity index (χ2n) is 8.59. The maximum absolute atomic E-state index is 14.4. The molecule has 9 nitrogen and oxygen atoms in total. The van der Waals surface area contributed by atoms with E-state index < -0.39 is 11.6 Å². The first kappa shape index (κ1) is 22.4. The van der Waals surface area contributed by atoms with Crippen molar-refractivity contribution < 1.29 is 8.78 Å². The highest BCUT2D eigenvalue weighted by Gasteiger charge is 2.51. The molecule has 0 bridgehead atoms. The van der Waals surface area contributed by atoms with Gasteiger partial charge in [-0.05, 0) is 25.1 Å². The predicted octanol–water partition coefficient (Wildman–Crippen LogP) is 4.55. The summed E-state index contributed by atoms with van der Waals surface area (Å²) in [6, 6.07) is 15.5. The van der Waals surface area contributed by atoms with Crippen molar-refractivity contribution in [2.75, 3.05) is 11.5 Å². The second kappa shape index (κ2) is 8.75. The van der Waals surface area contributed by atoms with Crippen molar-refractivity contribution in [2.45, 2.75) is 26.1 Å². The van der Waals surface area contributed by atoms with Gasteiger partial charge in [-0.3, -0.25) is 5.01 Å². The summed E-state index contributed by atoms with van der Waals surface area (Å²) in [5, 5.41) is 17.6. The Hall–Kier alpha value is -4.41. The van der Waals surface area contributed by atoms with Gasteiger partial charge in [0.2, 0.25) is 0 Å². The maximum Gasteiger partial charge on any atom is 0.180 e. The molecule has 0 fully saturated rings. The molecule has 0 aliphatic carbocycles. The number of benzene rings is 2. The van der Waals surface area contributed by atoms with Crippen LogP contribution in [0.25, 0.3) is 0 Å². The number of hydrogen-bond acceptors (Lipinski definition) is 9. The minimum Gasteiger partial charge on any atom is -0.382 e. The second-order valence-corrected chi connectivity index (χ2v) is 8.59. The lowest BCUT2D eigenvalue weighted by Gasteiger charge is -2.38. The first-order valence-electron chi connectivity index (χ1n) is 10.9. The fourth-order valence-electron chi connectivity index (χ4n) is 4.31. The van der Waals surface area contributed by atoms with E-state index in [9.17, 15) is 8.78 Å². The summed E-state index contributed by atoms with van der Waals surface area (Å²) in [4.78, 5) is 8.76. The smallest absolute Gasteiger partial charge is 0.180 e. The van der Waals surface area contributed by atoms with Crippen LogP contribution in [0.5, 0.6) is 0 Å². The summed E-state index contributed by atoms with van der Waals surface area (Å²) in [6.45, 7) is 2.00. The maximum atomic E-state index is 14.4. The van der Waals surface area contributed by atoms with Crippen LogP contribution in [-0.4, -0.2) is 26.9 Å². The van der Waals surface area contributed by atoms with Gasteiger partial charge in [0.15, 0.2) is 23.1 Å². The highest BCUT2D eigenvalue weighted by atomic mass is 19.1. The molecule has 3 aromatic rings. The van der Waals surface area contributed by atoms with Gasteiger partial charge in [-0.25, -0.2) is 18.7 Å². The van der Waals surface area contributed by atoms with Crippen LogP contribution in [0.3, 0.4) is 0 Å². The van der Waals surface area contributed by atoms with Gasteiger partial charge in [-0.1, -0.05) is 36.4 Å². The van der Waals surface area contributed by atoms with Crippen molar-refractivity contribution in [3.63, 3.8) is 0 Å². The normalized spacial score (nSPS) is 21.5. The summed E-state index contributed by atoms with van der Waals surface area (Å²) < 4.78 is 28.8. The standard InChI is InChI=1S/C24H23F2N9/c1-24-11-15(25)12-29-23(24)35(13-14-7-5-6-10-17(14)26)34-19(24)22-30-20(27)18(21(28)31-22)33-32-16-8-3-2-4-9-16/h2-10,12,23,29H,11,13H2,1H3,(H4,27,28,30,31). The SMILES string of the molecule is CC12CC(F)=CNC1N(Cc1ccccc1F)N=C2c1nc(N)c(N=Nc2ccccc2)c(N)n1. The monoisotopic (exact) mass is 475 g/mol. The molecule has 35 heavy (non-hydrogen) atoms. The van der Waals surface area contributed by atoms with Crippen molar-refractivity contribution in [3.05, 3.63) is 83.8 Å². The van der Waals surface area contributed by atoms with Gasteiger partial charge in [0, 0.05) is 18.2 Å². The minimum absolute atomic E-state index is 0.0161. The highest BCUT2D eigenvalue weighted by molar-refractivity contribution is 6.04. The van der Waals surface area contributed by atoms with E-state index in [4.69, 9.17) is 11.5 Å². The quantitative estimate of drug-likeness (QED) is 0.464. The van der Waals surface area contributed by atoms with Gasteiger partial charge >= 0.3 is 0 Å². The molecule has 0 radical (unpaired) electrons. The number of anilines is 2. The fourth-order valence-corrected chi connectivity index (χ4v) is 4.31. The minimum atomic E-state index is -0.865. The van der Waals surface area contributed by atoms with E-state index >= 15 is 0 Å². The summed E-state index contributed by atoms with van der Waals surface area (Å²) >= 11 is 0. The van der Waals surface area contributed by atoms with E-state index in [1.165, 1.54) is 12.3 Å². The van der Waals surface area contributed by atoms with E-state index in [0.29, 0.717) is 17.0 Å². The molecule has 178 valence electrons. The molecule has 0 spiro atoms. The molecule has 2 atom stereocenters. The third-order valence-corrected chi connectivity index (χ3v) is 6.07. The number of fused-ring (bicyclic) bond motifs is 1. The van der Waals surface area contributed by atoms with Gasteiger partial charge in [-0.2, -0.15) is 10.2 Å². The average molecular weight is 476 g/mol. The van der Waals surface area contributed by atoms with E-state index in [0.717, 1.165) is 0 Å². The van der Waals surface area contributed by atoms with Crippen LogP contribution >= 0.6 is 0 Å². The molecule has 5 rings (SSSR count). The van der Waals surface area contributed by atoms with Gasteiger partial charge in [-0.15, -0.1) is 5.11 Å². The molecule has 11 heteroatoms. The number of hydrazone groups is 1. The number of aromatic nitrogens is 2. The molecule has 2 aliphatic rings. The van der Waals surface area contributed by atoms with E-state index in [2.05, 4.69) is 30.6 Å². The Bertz CT molecular complexity index is 1330. The summed E-state index contributed by atoms with van der Waals surface area (Å²) in [6.07, 6.45) is 0.895. The largest absolute Gasteiger partial charge is 0.382 e. The van der Waals surface area contributed by atoms with Crippen LogP contribution in [0.15, 0.2) is 82.0 Å². The van der Waals surface area contributed by atoms with Crippen molar-refractivity contribution in [1.29, 1.82) is 0 Å². The molecule has 0 saturated heterocycles. The third-order valence-electron chi connectivity index (χ3n) is 6.07. The van der Waals surface area contributed by atoms with E-state index in [1.807, 2.05) is 25.1 Å². The van der Waals surface area contributed by atoms with Gasteiger partial charge in [0.05, 0.1) is 17.6 Å². The van der Waals surface area contributed by atoms with Gasteiger partial charge in [0.1, 0.15) is 23.5 Å². The van der Waals surface area contributed by atoms with Crippen LogP contribution in [0.2, 0.25) is 0 Å². The van der Waals surface area contributed by atoms with Gasteiger partial charge < -0.3 is 16.8 Å². The number of rotatable bonds is 5. The molecule has 0 amide bonds. The number of nitrogens with two attached hydrogens (primary N) is 2. The Balaban J connectivity index is 1.52. The lowest BCUT2D eigenvalue weighted by molar-refractivity contribution is 0.113. The summed E-state index contributed by atoms with van der Waals surface area (Å²) in [5.41, 5.74) is 13.1. The van der Waals surface area contributed by atoms with Crippen molar-refractivity contribution >= 4 is 28.7 Å². The van der Waals surface area contributed by atoms with Crippen LogP contribution in [-0.2, 0) is 6.54 Å². The number of halogens is 2. The number of nitrogens with one attached hydrogen (secondary N) is 1. The lowest BCUT2D eigenvalue weighted by atomic mass is 9.77. The summed E-state index contributed by atoms with van der Waals surface area (Å²) in [7, 11) is 0.